The molecule has 2 aromatic rings. The van der Waals surface area contributed by atoms with Crippen molar-refractivity contribution in [2.24, 2.45) is 17.3 Å². The van der Waals surface area contributed by atoms with Gasteiger partial charge in [0.1, 0.15) is 11.1 Å². The monoisotopic (exact) mass is 416 g/mol. The Bertz CT molecular complexity index is 866. The fourth-order valence-electron chi connectivity index (χ4n) is 4.39. The van der Waals surface area contributed by atoms with Crippen LogP contribution < -0.4 is 9.47 Å². The van der Waals surface area contributed by atoms with Crippen molar-refractivity contribution in [2.45, 2.75) is 46.0 Å². The normalized spacial score (nSPS) is 19.7. The van der Waals surface area contributed by atoms with Crippen molar-refractivity contribution in [1.29, 1.82) is 0 Å². The maximum absolute atomic E-state index is 11.6. The number of piperidine rings is 1. The topological polar surface area (TPSA) is 85.0 Å². The van der Waals surface area contributed by atoms with E-state index in [9.17, 15) is 9.90 Å². The van der Waals surface area contributed by atoms with Gasteiger partial charge in [-0.05, 0) is 67.9 Å². The number of aliphatic carboxylic acids is 1. The first-order chi connectivity index (χ1) is 14.5. The third-order valence-electron chi connectivity index (χ3n) is 6.45. The Morgan fingerprint density at radius 2 is 2.07 bits per heavy atom. The van der Waals surface area contributed by atoms with Gasteiger partial charge in [-0.1, -0.05) is 26.3 Å². The van der Waals surface area contributed by atoms with Crippen LogP contribution in [0.4, 0.5) is 0 Å². The zero-order valence-electron chi connectivity index (χ0n) is 17.9. The van der Waals surface area contributed by atoms with E-state index < -0.39 is 11.4 Å². The number of hydrogen-bond acceptors (Lipinski definition) is 6. The average molecular weight is 417 g/mol. The van der Waals surface area contributed by atoms with Gasteiger partial charge in [0.2, 0.25) is 0 Å². The number of benzene rings is 1. The second-order valence-electron chi connectivity index (χ2n) is 9.29. The fourth-order valence-corrected chi connectivity index (χ4v) is 4.39. The van der Waals surface area contributed by atoms with Gasteiger partial charge < -0.3 is 24.0 Å². The molecule has 0 unspecified atom stereocenters. The van der Waals surface area contributed by atoms with E-state index in [0.29, 0.717) is 43.1 Å². The molecule has 0 radical (unpaired) electrons. The van der Waals surface area contributed by atoms with Gasteiger partial charge in [0.05, 0.1) is 18.6 Å². The molecule has 1 saturated carbocycles. The highest BCUT2D eigenvalue weighted by Gasteiger charge is 2.45. The number of rotatable bonds is 9. The van der Waals surface area contributed by atoms with E-state index in [4.69, 9.17) is 14.0 Å². The van der Waals surface area contributed by atoms with Crippen molar-refractivity contribution in [3.63, 3.8) is 0 Å². The number of nitrogens with zero attached hydrogens (tertiary/aromatic N) is 2. The summed E-state index contributed by atoms with van der Waals surface area (Å²) in [5, 5.41) is 14.5. The minimum atomic E-state index is -0.632. The number of ether oxygens (including phenoxy) is 2. The minimum absolute atomic E-state index is 0.426. The summed E-state index contributed by atoms with van der Waals surface area (Å²) in [6.07, 6.45) is 4.66. The summed E-state index contributed by atoms with van der Waals surface area (Å²) >= 11 is 0. The van der Waals surface area contributed by atoms with Crippen molar-refractivity contribution in [2.75, 3.05) is 32.8 Å². The first-order valence-electron chi connectivity index (χ1n) is 11.1. The standard InChI is InChI=1S/C23H32N2O5/c1-16(2)13-28-18-5-3-6-19-20(18)21(24-30-19)29-14-17-7-11-25(12-8-17)15-23(22(26)27)9-4-10-23/h3,5-6,16-17H,4,7-15H2,1-2H3,(H,26,27). The zero-order valence-corrected chi connectivity index (χ0v) is 17.9. The lowest BCUT2D eigenvalue weighted by Crippen LogP contribution is -2.49. The van der Waals surface area contributed by atoms with Crippen LogP contribution in [0.1, 0.15) is 46.0 Å². The Morgan fingerprint density at radius 3 is 2.70 bits per heavy atom. The van der Waals surface area contributed by atoms with Crippen LogP contribution in [0.3, 0.4) is 0 Å². The predicted octanol–water partition coefficient (Wildman–Crippen LogP) is 4.21. The molecule has 7 nitrogen and oxygen atoms in total. The van der Waals surface area contributed by atoms with Crippen molar-refractivity contribution < 1.29 is 23.9 Å². The number of carboxylic acids is 1. The number of aromatic nitrogens is 1. The lowest BCUT2D eigenvalue weighted by molar-refractivity contribution is -0.156. The van der Waals surface area contributed by atoms with Crippen LogP contribution in [0.5, 0.6) is 11.6 Å². The van der Waals surface area contributed by atoms with Gasteiger partial charge in [-0.3, -0.25) is 4.79 Å². The molecule has 2 fully saturated rings. The molecule has 1 N–H and O–H groups in total. The third-order valence-corrected chi connectivity index (χ3v) is 6.45. The molecular weight excluding hydrogens is 384 g/mol. The SMILES string of the molecule is CC(C)COc1cccc2onc(OCC3CCN(CC4(C(=O)O)CCC4)CC3)c12. The minimum Gasteiger partial charge on any atom is -0.492 e. The highest BCUT2D eigenvalue weighted by molar-refractivity contribution is 5.88. The van der Waals surface area contributed by atoms with Gasteiger partial charge >= 0.3 is 5.97 Å². The van der Waals surface area contributed by atoms with Gasteiger partial charge in [-0.2, -0.15) is 0 Å². The number of carbonyl (C=O) groups is 1. The number of hydrogen-bond donors (Lipinski definition) is 1. The summed E-state index contributed by atoms with van der Waals surface area (Å²) in [6.45, 7) is 7.96. The second kappa shape index (κ2) is 8.84. The van der Waals surface area contributed by atoms with Crippen LogP contribution in [0.25, 0.3) is 11.0 Å². The molecule has 0 amide bonds. The molecule has 1 aromatic heterocycles. The van der Waals surface area contributed by atoms with E-state index in [-0.39, 0.29) is 0 Å². The van der Waals surface area contributed by atoms with Gasteiger partial charge in [0.25, 0.3) is 5.88 Å². The molecule has 0 spiro atoms. The molecule has 0 atom stereocenters. The summed E-state index contributed by atoms with van der Waals surface area (Å²) in [7, 11) is 0. The maximum atomic E-state index is 11.6. The summed E-state index contributed by atoms with van der Waals surface area (Å²) in [6, 6.07) is 5.69. The molecule has 1 aromatic carbocycles. The molecule has 1 aliphatic heterocycles. The molecule has 4 rings (SSSR count). The van der Waals surface area contributed by atoms with Crippen molar-refractivity contribution in [3.05, 3.63) is 18.2 Å². The summed E-state index contributed by atoms with van der Waals surface area (Å²) in [5.41, 5.74) is 0.163. The number of fused-ring (bicyclic) bond motifs is 1. The van der Waals surface area contributed by atoms with Crippen molar-refractivity contribution in [3.8, 4) is 11.6 Å². The molecule has 0 bridgehead atoms. The molecule has 30 heavy (non-hydrogen) atoms. The highest BCUT2D eigenvalue weighted by Crippen LogP contribution is 2.42. The lowest BCUT2D eigenvalue weighted by atomic mass is 9.68. The van der Waals surface area contributed by atoms with Crippen molar-refractivity contribution in [1.82, 2.24) is 10.1 Å². The van der Waals surface area contributed by atoms with Gasteiger partial charge in [-0.25, -0.2) is 0 Å². The van der Waals surface area contributed by atoms with E-state index in [0.717, 1.165) is 56.3 Å². The van der Waals surface area contributed by atoms with E-state index >= 15 is 0 Å². The van der Waals surface area contributed by atoms with Crippen LogP contribution >= 0.6 is 0 Å². The smallest absolute Gasteiger partial charge is 0.310 e. The Kier molecular flexibility index (Phi) is 6.18. The van der Waals surface area contributed by atoms with Crippen LogP contribution in [-0.4, -0.2) is 54.0 Å². The van der Waals surface area contributed by atoms with Crippen molar-refractivity contribution >= 4 is 16.9 Å². The second-order valence-corrected chi connectivity index (χ2v) is 9.29. The van der Waals surface area contributed by atoms with Gasteiger partial charge in [-0.15, -0.1) is 0 Å². The lowest BCUT2D eigenvalue weighted by Gasteiger charge is -2.43. The Labute approximate surface area is 177 Å². The van der Waals surface area contributed by atoms with Crippen LogP contribution in [0.15, 0.2) is 22.7 Å². The number of likely N-dealkylation sites (tertiary alicyclic amines) is 1. The van der Waals surface area contributed by atoms with Gasteiger partial charge in [0.15, 0.2) is 5.58 Å². The van der Waals surface area contributed by atoms with Crippen LogP contribution in [-0.2, 0) is 4.79 Å². The molecule has 1 aliphatic carbocycles. The van der Waals surface area contributed by atoms with E-state index in [1.54, 1.807) is 0 Å². The molecule has 2 aliphatic rings. The third kappa shape index (κ3) is 4.41. The molecule has 1 saturated heterocycles. The summed E-state index contributed by atoms with van der Waals surface area (Å²) in [5.74, 6) is 1.46. The van der Waals surface area contributed by atoms with Gasteiger partial charge in [0, 0.05) is 6.54 Å². The average Bonchev–Trinajstić information content (AvgIpc) is 3.12. The van der Waals surface area contributed by atoms with E-state index in [2.05, 4.69) is 23.9 Å². The Hall–Kier alpha value is -2.28. The van der Waals surface area contributed by atoms with Crippen LogP contribution in [0.2, 0.25) is 0 Å². The molecule has 7 heteroatoms. The summed E-state index contributed by atoms with van der Waals surface area (Å²) < 4.78 is 17.4. The largest absolute Gasteiger partial charge is 0.492 e. The van der Waals surface area contributed by atoms with E-state index in [1.807, 2.05) is 18.2 Å². The van der Waals surface area contributed by atoms with Crippen LogP contribution in [0, 0.1) is 17.3 Å². The first-order valence-corrected chi connectivity index (χ1v) is 11.1. The predicted molar refractivity (Wildman–Crippen MR) is 113 cm³/mol. The maximum Gasteiger partial charge on any atom is 0.310 e. The molecular formula is C23H32N2O5. The fraction of sp³-hybridized carbons (Fsp3) is 0.652. The summed E-state index contributed by atoms with van der Waals surface area (Å²) in [4.78, 5) is 13.9. The van der Waals surface area contributed by atoms with E-state index in [1.165, 1.54) is 0 Å². The molecule has 164 valence electrons. The Morgan fingerprint density at radius 1 is 1.30 bits per heavy atom. The zero-order chi connectivity index (χ0) is 21.1. The molecule has 2 heterocycles. The first kappa shape index (κ1) is 21.0. The Balaban J connectivity index is 1.31. The highest BCUT2D eigenvalue weighted by atomic mass is 16.5. The quantitative estimate of drug-likeness (QED) is 0.655. The number of carboxylic acid groups (broad SMARTS) is 1.